The molecule has 2 atom stereocenters. The van der Waals surface area contributed by atoms with Gasteiger partial charge in [-0.15, -0.1) is 5.10 Å². The first-order chi connectivity index (χ1) is 17.5. The quantitative estimate of drug-likeness (QED) is 0.420. The molecule has 2 aromatic carbocycles. The molecule has 36 heavy (non-hydrogen) atoms. The first-order valence-corrected chi connectivity index (χ1v) is 12.8. The minimum Gasteiger partial charge on any atom is -0.393 e. The standard InChI is InChI=1S/C28H33FN6O/c1-31-26-10-5-20(16-25(26)29)27-17-28(32-18-19-3-2-4-21(30)15-19)33-35(27)23-8-6-22(7-9-23)34-13-11-24(36)12-14-34/h5-10,16-17,19,21,24,36H,2-4,11-15,18,30H2,(H,32,33)/t19-,21-/m0/s1. The number of aromatic nitrogens is 2. The maximum absolute atomic E-state index is 14.5. The maximum atomic E-state index is 14.5. The first kappa shape index (κ1) is 24.3. The predicted octanol–water partition coefficient (Wildman–Crippen LogP) is 5.12. The van der Waals surface area contributed by atoms with Gasteiger partial charge in [0.2, 0.25) is 5.69 Å². The monoisotopic (exact) mass is 488 g/mol. The zero-order valence-electron chi connectivity index (χ0n) is 20.4. The van der Waals surface area contributed by atoms with E-state index in [4.69, 9.17) is 17.4 Å². The van der Waals surface area contributed by atoms with Gasteiger partial charge in [-0.25, -0.2) is 13.9 Å². The lowest BCUT2D eigenvalue weighted by Gasteiger charge is -2.31. The van der Waals surface area contributed by atoms with E-state index in [-0.39, 0.29) is 17.8 Å². The van der Waals surface area contributed by atoms with Gasteiger partial charge >= 0.3 is 0 Å². The van der Waals surface area contributed by atoms with Gasteiger partial charge in [0.15, 0.2) is 0 Å². The number of nitrogens with one attached hydrogen (secondary N) is 1. The van der Waals surface area contributed by atoms with Crippen molar-refractivity contribution in [2.24, 2.45) is 11.7 Å². The Kier molecular flexibility index (Phi) is 7.21. The lowest BCUT2D eigenvalue weighted by molar-refractivity contribution is 0.145. The van der Waals surface area contributed by atoms with Crippen LogP contribution >= 0.6 is 0 Å². The lowest BCUT2D eigenvalue weighted by Crippen LogP contribution is -2.35. The molecule has 7 nitrogen and oxygen atoms in total. The van der Waals surface area contributed by atoms with E-state index >= 15 is 0 Å². The molecule has 1 saturated heterocycles. The number of halogens is 1. The molecule has 0 radical (unpaired) electrons. The highest BCUT2D eigenvalue weighted by Gasteiger charge is 2.21. The zero-order valence-corrected chi connectivity index (χ0v) is 20.4. The SMILES string of the molecule is [C-]#[N+]c1ccc(-c2cc(NC[C@H]3CCC[C@H](N)C3)nn2-c2ccc(N3CCC(O)CC3)cc2)cc1F. The van der Waals surface area contributed by atoms with E-state index in [1.807, 2.05) is 22.9 Å². The third kappa shape index (κ3) is 5.38. The Balaban J connectivity index is 1.42. The summed E-state index contributed by atoms with van der Waals surface area (Å²) in [6, 6.07) is 15.1. The van der Waals surface area contributed by atoms with Crippen LogP contribution in [0.1, 0.15) is 38.5 Å². The second-order valence-corrected chi connectivity index (χ2v) is 10.0. The summed E-state index contributed by atoms with van der Waals surface area (Å²) in [6.07, 6.45) is 5.76. The van der Waals surface area contributed by atoms with Crippen LogP contribution in [0.4, 0.5) is 21.6 Å². The molecule has 0 unspecified atom stereocenters. The van der Waals surface area contributed by atoms with E-state index in [0.29, 0.717) is 11.5 Å². The summed E-state index contributed by atoms with van der Waals surface area (Å²) in [5, 5.41) is 18.1. The van der Waals surface area contributed by atoms with Crippen molar-refractivity contribution in [1.29, 1.82) is 0 Å². The van der Waals surface area contributed by atoms with Crippen molar-refractivity contribution in [2.75, 3.05) is 29.9 Å². The normalized spacial score (nSPS) is 20.8. The summed E-state index contributed by atoms with van der Waals surface area (Å²) in [7, 11) is 0. The van der Waals surface area contributed by atoms with Crippen LogP contribution in [0, 0.1) is 18.3 Å². The van der Waals surface area contributed by atoms with E-state index in [2.05, 4.69) is 27.2 Å². The van der Waals surface area contributed by atoms with Gasteiger partial charge in [-0.3, -0.25) is 0 Å². The van der Waals surface area contributed by atoms with Crippen molar-refractivity contribution < 1.29 is 9.50 Å². The van der Waals surface area contributed by atoms with Gasteiger partial charge in [-0.1, -0.05) is 18.6 Å². The van der Waals surface area contributed by atoms with Crippen LogP contribution in [0.15, 0.2) is 48.5 Å². The summed E-state index contributed by atoms with van der Waals surface area (Å²) in [5.41, 5.74) is 9.56. The molecule has 0 amide bonds. The summed E-state index contributed by atoms with van der Waals surface area (Å²) in [6.45, 7) is 9.62. The molecule has 188 valence electrons. The molecular weight excluding hydrogens is 455 g/mol. The van der Waals surface area contributed by atoms with Gasteiger partial charge in [-0.05, 0) is 68.4 Å². The Morgan fingerprint density at radius 2 is 1.81 bits per heavy atom. The predicted molar refractivity (Wildman–Crippen MR) is 141 cm³/mol. The molecule has 1 aromatic heterocycles. The molecule has 0 bridgehead atoms. The van der Waals surface area contributed by atoms with Crippen LogP contribution in [0.3, 0.4) is 0 Å². The van der Waals surface area contributed by atoms with Crippen LogP contribution in [0.5, 0.6) is 0 Å². The molecule has 3 aromatic rings. The fourth-order valence-corrected chi connectivity index (χ4v) is 5.32. The van der Waals surface area contributed by atoms with Crippen molar-refractivity contribution >= 4 is 17.2 Å². The number of nitrogens with two attached hydrogens (primary N) is 1. The summed E-state index contributed by atoms with van der Waals surface area (Å²) < 4.78 is 16.3. The summed E-state index contributed by atoms with van der Waals surface area (Å²) >= 11 is 0. The Labute approximate surface area is 211 Å². The zero-order chi connectivity index (χ0) is 25.1. The highest BCUT2D eigenvalue weighted by Crippen LogP contribution is 2.31. The van der Waals surface area contributed by atoms with Crippen molar-refractivity contribution in [2.45, 2.75) is 50.7 Å². The number of aliphatic hydroxyl groups is 1. The van der Waals surface area contributed by atoms with Crippen LogP contribution < -0.4 is 16.0 Å². The maximum Gasteiger partial charge on any atom is 0.222 e. The smallest absolute Gasteiger partial charge is 0.222 e. The average Bonchev–Trinajstić information content (AvgIpc) is 3.32. The summed E-state index contributed by atoms with van der Waals surface area (Å²) in [5.74, 6) is 0.705. The number of nitrogens with zero attached hydrogens (tertiary/aromatic N) is 4. The minimum absolute atomic E-state index is 0.00723. The molecule has 2 aliphatic rings. The largest absolute Gasteiger partial charge is 0.393 e. The van der Waals surface area contributed by atoms with Crippen molar-refractivity contribution in [3.05, 3.63) is 65.8 Å². The Morgan fingerprint density at radius 1 is 1.06 bits per heavy atom. The molecule has 1 aliphatic carbocycles. The third-order valence-electron chi connectivity index (χ3n) is 7.39. The van der Waals surface area contributed by atoms with Gasteiger partial charge in [0.1, 0.15) is 11.6 Å². The van der Waals surface area contributed by atoms with Crippen LogP contribution in [0.25, 0.3) is 21.8 Å². The number of hydrogen-bond acceptors (Lipinski definition) is 5. The van der Waals surface area contributed by atoms with Crippen molar-refractivity contribution in [1.82, 2.24) is 9.78 Å². The Bertz CT molecular complexity index is 1230. The molecule has 1 aliphatic heterocycles. The van der Waals surface area contributed by atoms with Gasteiger partial charge in [-0.2, -0.15) is 0 Å². The molecule has 1 saturated carbocycles. The van der Waals surface area contributed by atoms with E-state index in [1.54, 1.807) is 6.07 Å². The topological polar surface area (TPSA) is 83.7 Å². The van der Waals surface area contributed by atoms with Crippen LogP contribution in [0.2, 0.25) is 0 Å². The average molecular weight is 489 g/mol. The molecule has 5 rings (SSSR count). The summed E-state index contributed by atoms with van der Waals surface area (Å²) in [4.78, 5) is 5.53. The van der Waals surface area contributed by atoms with Crippen molar-refractivity contribution in [3.63, 3.8) is 0 Å². The van der Waals surface area contributed by atoms with Gasteiger partial charge in [0, 0.05) is 43.0 Å². The fraction of sp³-hybridized carbons (Fsp3) is 0.429. The highest BCUT2D eigenvalue weighted by atomic mass is 19.1. The van der Waals surface area contributed by atoms with E-state index in [1.165, 1.54) is 12.1 Å². The second-order valence-electron chi connectivity index (χ2n) is 10.0. The minimum atomic E-state index is -0.538. The molecule has 2 fully saturated rings. The highest BCUT2D eigenvalue weighted by molar-refractivity contribution is 5.69. The number of piperidine rings is 1. The molecule has 4 N–H and O–H groups in total. The number of hydrogen-bond donors (Lipinski definition) is 3. The van der Waals surface area contributed by atoms with E-state index in [9.17, 15) is 9.50 Å². The number of anilines is 2. The van der Waals surface area contributed by atoms with Gasteiger partial charge in [0.05, 0.1) is 24.1 Å². The third-order valence-corrected chi connectivity index (χ3v) is 7.39. The van der Waals surface area contributed by atoms with Crippen molar-refractivity contribution in [3.8, 4) is 16.9 Å². The number of aliphatic hydroxyl groups excluding tert-OH is 1. The Hall–Kier alpha value is -3.41. The van der Waals surface area contributed by atoms with Gasteiger partial charge in [0.25, 0.3) is 0 Å². The molecular formula is C28H33FN6O. The molecule has 2 heterocycles. The first-order valence-electron chi connectivity index (χ1n) is 12.8. The Morgan fingerprint density at radius 3 is 2.50 bits per heavy atom. The lowest BCUT2D eigenvalue weighted by atomic mass is 9.86. The van der Waals surface area contributed by atoms with E-state index < -0.39 is 5.82 Å². The second kappa shape index (κ2) is 10.7. The number of rotatable bonds is 6. The number of benzene rings is 2. The van der Waals surface area contributed by atoms with E-state index in [0.717, 1.165) is 81.0 Å². The van der Waals surface area contributed by atoms with Crippen LogP contribution in [-0.2, 0) is 0 Å². The molecule has 8 heteroatoms. The van der Waals surface area contributed by atoms with Crippen LogP contribution in [-0.4, -0.2) is 46.7 Å². The van der Waals surface area contributed by atoms with Gasteiger partial charge < -0.3 is 21.1 Å². The fourth-order valence-electron chi connectivity index (χ4n) is 5.32. The molecule has 0 spiro atoms.